The number of hydrogen-bond donors (Lipinski definition) is 3. The Labute approximate surface area is 119 Å². The van der Waals surface area contributed by atoms with Crippen LogP contribution in [-0.4, -0.2) is 25.5 Å². The van der Waals surface area contributed by atoms with Gasteiger partial charge in [-0.2, -0.15) is 0 Å². The van der Waals surface area contributed by atoms with Crippen molar-refractivity contribution in [2.45, 2.75) is 44.0 Å². The van der Waals surface area contributed by atoms with Crippen molar-refractivity contribution < 1.29 is 18.3 Å². The van der Waals surface area contributed by atoms with E-state index < -0.39 is 16.0 Å². The Bertz CT molecular complexity index is 584. The van der Waals surface area contributed by atoms with Crippen LogP contribution in [0.5, 0.6) is 0 Å². The van der Waals surface area contributed by atoms with Gasteiger partial charge < -0.3 is 10.8 Å². The number of carboxylic acids is 1. The lowest BCUT2D eigenvalue weighted by Crippen LogP contribution is -2.35. The molecule has 1 atom stereocenters. The van der Waals surface area contributed by atoms with Crippen LogP contribution in [0, 0.1) is 0 Å². The van der Waals surface area contributed by atoms with Gasteiger partial charge in [0, 0.05) is 11.7 Å². The summed E-state index contributed by atoms with van der Waals surface area (Å²) in [6.45, 7) is 3.83. The van der Waals surface area contributed by atoms with E-state index in [1.165, 1.54) is 18.2 Å². The SMILES string of the molecule is CCCC(CC)NS(=O)(=O)c1cc(N)ccc1C(=O)O. The van der Waals surface area contributed by atoms with Crippen LogP contribution in [0.2, 0.25) is 0 Å². The summed E-state index contributed by atoms with van der Waals surface area (Å²) in [7, 11) is -3.90. The molecule has 1 aromatic rings. The second kappa shape index (κ2) is 6.71. The maximum atomic E-state index is 12.3. The molecule has 112 valence electrons. The van der Waals surface area contributed by atoms with E-state index in [1.54, 1.807) is 0 Å². The second-order valence-electron chi connectivity index (χ2n) is 4.58. The van der Waals surface area contributed by atoms with Gasteiger partial charge in [-0.25, -0.2) is 17.9 Å². The summed E-state index contributed by atoms with van der Waals surface area (Å²) >= 11 is 0. The third-order valence-electron chi connectivity index (χ3n) is 2.98. The molecule has 4 N–H and O–H groups in total. The Morgan fingerprint density at radius 2 is 2.05 bits per heavy atom. The highest BCUT2D eigenvalue weighted by Gasteiger charge is 2.24. The molecule has 0 spiro atoms. The predicted molar refractivity (Wildman–Crippen MR) is 77.1 cm³/mol. The zero-order valence-electron chi connectivity index (χ0n) is 11.6. The summed E-state index contributed by atoms with van der Waals surface area (Å²) in [6.07, 6.45) is 2.17. The summed E-state index contributed by atoms with van der Waals surface area (Å²) in [5.41, 5.74) is 5.49. The molecule has 0 aromatic heterocycles. The number of nitrogens with one attached hydrogen (secondary N) is 1. The van der Waals surface area contributed by atoms with Crippen molar-refractivity contribution in [2.75, 3.05) is 5.73 Å². The van der Waals surface area contributed by atoms with Crippen molar-refractivity contribution in [1.29, 1.82) is 0 Å². The number of hydrogen-bond acceptors (Lipinski definition) is 4. The standard InChI is InChI=1S/C13H20N2O4S/c1-3-5-10(4-2)15-20(18,19)12-8-9(14)6-7-11(12)13(16)17/h6-8,10,15H,3-5,14H2,1-2H3,(H,16,17). The molecule has 20 heavy (non-hydrogen) atoms. The smallest absolute Gasteiger partial charge is 0.337 e. The highest BCUT2D eigenvalue weighted by molar-refractivity contribution is 7.89. The lowest BCUT2D eigenvalue weighted by atomic mass is 10.1. The normalized spacial score (nSPS) is 13.1. The zero-order chi connectivity index (χ0) is 15.3. The summed E-state index contributed by atoms with van der Waals surface area (Å²) in [5.74, 6) is -1.30. The molecule has 0 radical (unpaired) electrons. The molecule has 0 amide bonds. The van der Waals surface area contributed by atoms with Crippen LogP contribution in [-0.2, 0) is 10.0 Å². The number of carboxylic acid groups (broad SMARTS) is 1. The Morgan fingerprint density at radius 3 is 2.55 bits per heavy atom. The van der Waals surface area contributed by atoms with Crippen LogP contribution in [0.25, 0.3) is 0 Å². The first-order valence-electron chi connectivity index (χ1n) is 6.47. The van der Waals surface area contributed by atoms with E-state index in [-0.39, 0.29) is 22.2 Å². The number of nitrogen functional groups attached to an aromatic ring is 1. The van der Waals surface area contributed by atoms with Gasteiger partial charge in [0.1, 0.15) is 0 Å². The fraction of sp³-hybridized carbons (Fsp3) is 0.462. The molecule has 0 bridgehead atoms. The largest absolute Gasteiger partial charge is 0.478 e. The maximum Gasteiger partial charge on any atom is 0.337 e. The first-order valence-corrected chi connectivity index (χ1v) is 7.95. The van der Waals surface area contributed by atoms with Crippen molar-refractivity contribution in [3.8, 4) is 0 Å². The number of benzene rings is 1. The Balaban J connectivity index is 3.21. The number of anilines is 1. The fourth-order valence-electron chi connectivity index (χ4n) is 1.92. The molecule has 1 rings (SSSR count). The number of sulfonamides is 1. The minimum atomic E-state index is -3.90. The lowest BCUT2D eigenvalue weighted by molar-refractivity contribution is 0.0692. The molecule has 0 heterocycles. The van der Waals surface area contributed by atoms with Crippen LogP contribution >= 0.6 is 0 Å². The van der Waals surface area contributed by atoms with Gasteiger partial charge in [0.05, 0.1) is 10.5 Å². The summed E-state index contributed by atoms with van der Waals surface area (Å²) in [6, 6.07) is 3.52. The Morgan fingerprint density at radius 1 is 1.40 bits per heavy atom. The predicted octanol–water partition coefficient (Wildman–Crippen LogP) is 1.82. The minimum Gasteiger partial charge on any atom is -0.478 e. The van der Waals surface area contributed by atoms with Gasteiger partial charge in [-0.1, -0.05) is 20.3 Å². The van der Waals surface area contributed by atoms with Gasteiger partial charge in [0.2, 0.25) is 10.0 Å². The summed E-state index contributed by atoms with van der Waals surface area (Å²) in [5, 5.41) is 9.08. The molecule has 0 saturated heterocycles. The fourth-order valence-corrected chi connectivity index (χ4v) is 3.50. The number of rotatable bonds is 7. The molecule has 0 aliphatic rings. The molecule has 0 aliphatic carbocycles. The Kier molecular flexibility index (Phi) is 5.52. The molecular weight excluding hydrogens is 280 g/mol. The van der Waals surface area contributed by atoms with Crippen molar-refractivity contribution in [3.05, 3.63) is 23.8 Å². The van der Waals surface area contributed by atoms with E-state index in [9.17, 15) is 13.2 Å². The third kappa shape index (κ3) is 3.94. The van der Waals surface area contributed by atoms with Crippen LogP contribution < -0.4 is 10.5 Å². The van der Waals surface area contributed by atoms with E-state index in [0.717, 1.165) is 6.42 Å². The summed E-state index contributed by atoms with van der Waals surface area (Å²) < 4.78 is 27.2. The second-order valence-corrected chi connectivity index (χ2v) is 6.26. The molecule has 1 aromatic carbocycles. The number of carbonyl (C=O) groups is 1. The molecule has 0 aliphatic heterocycles. The van der Waals surface area contributed by atoms with E-state index in [0.29, 0.717) is 12.8 Å². The van der Waals surface area contributed by atoms with Crippen molar-refractivity contribution in [2.24, 2.45) is 0 Å². The van der Waals surface area contributed by atoms with Crippen molar-refractivity contribution >= 4 is 21.7 Å². The van der Waals surface area contributed by atoms with Gasteiger partial charge in [0.15, 0.2) is 0 Å². The van der Waals surface area contributed by atoms with E-state index in [4.69, 9.17) is 10.8 Å². The van der Waals surface area contributed by atoms with Gasteiger partial charge in [-0.15, -0.1) is 0 Å². The minimum absolute atomic E-state index is 0.207. The van der Waals surface area contributed by atoms with Gasteiger partial charge in [0.25, 0.3) is 0 Å². The highest BCUT2D eigenvalue weighted by Crippen LogP contribution is 2.20. The van der Waals surface area contributed by atoms with Crippen LogP contribution in [0.4, 0.5) is 5.69 Å². The van der Waals surface area contributed by atoms with Crippen LogP contribution in [0.1, 0.15) is 43.5 Å². The monoisotopic (exact) mass is 300 g/mol. The zero-order valence-corrected chi connectivity index (χ0v) is 12.4. The van der Waals surface area contributed by atoms with Gasteiger partial charge in [-0.3, -0.25) is 0 Å². The average molecular weight is 300 g/mol. The Hall–Kier alpha value is -1.60. The molecule has 6 nitrogen and oxygen atoms in total. The number of nitrogens with two attached hydrogens (primary N) is 1. The first-order chi connectivity index (χ1) is 9.31. The topological polar surface area (TPSA) is 109 Å². The average Bonchev–Trinajstić information content (AvgIpc) is 2.37. The quantitative estimate of drug-likeness (QED) is 0.665. The molecular formula is C13H20N2O4S. The lowest BCUT2D eigenvalue weighted by Gasteiger charge is -2.17. The van der Waals surface area contributed by atoms with E-state index in [2.05, 4.69) is 4.72 Å². The third-order valence-corrected chi connectivity index (χ3v) is 4.54. The van der Waals surface area contributed by atoms with E-state index in [1.807, 2.05) is 13.8 Å². The van der Waals surface area contributed by atoms with Gasteiger partial charge >= 0.3 is 5.97 Å². The van der Waals surface area contributed by atoms with Gasteiger partial charge in [-0.05, 0) is 31.0 Å². The van der Waals surface area contributed by atoms with Crippen molar-refractivity contribution in [1.82, 2.24) is 4.72 Å². The first kappa shape index (κ1) is 16.5. The van der Waals surface area contributed by atoms with Crippen molar-refractivity contribution in [3.63, 3.8) is 0 Å². The molecule has 0 saturated carbocycles. The molecule has 0 fully saturated rings. The molecule has 7 heteroatoms. The molecule has 1 unspecified atom stereocenters. The van der Waals surface area contributed by atoms with Crippen LogP contribution in [0.15, 0.2) is 23.1 Å². The van der Waals surface area contributed by atoms with Crippen LogP contribution in [0.3, 0.4) is 0 Å². The highest BCUT2D eigenvalue weighted by atomic mass is 32.2. The van der Waals surface area contributed by atoms with E-state index >= 15 is 0 Å². The maximum absolute atomic E-state index is 12.3. The summed E-state index contributed by atoms with van der Waals surface area (Å²) in [4.78, 5) is 10.8. The number of aromatic carboxylic acids is 1.